The molecule has 0 fully saturated rings. The van der Waals surface area contributed by atoms with E-state index in [4.69, 9.17) is 6.35 Å². The number of rotatable bonds is 2. The van der Waals surface area contributed by atoms with E-state index in [0.29, 0.717) is 0 Å². The summed E-state index contributed by atoms with van der Waals surface area (Å²) in [6.07, 6.45) is 2.96. The predicted molar refractivity (Wildman–Crippen MR) is 103 cm³/mol. The van der Waals surface area contributed by atoms with Crippen LogP contribution in [0.5, 0.6) is 0 Å². The number of fused-ring (bicyclic) bond motifs is 3. The standard InChI is InChI=1S/C23H25N2/c1-14(2)17-10-11-25(5)23(12-17)18-8-9-19-20-7-6-15(3)24-22(20)13-21(19)16(18)4/h6-12,14H,13H2,1-5H3/q+1/i14D. The molecule has 0 bridgehead atoms. The van der Waals surface area contributed by atoms with Crippen LogP contribution in [-0.2, 0) is 13.5 Å². The van der Waals surface area contributed by atoms with E-state index < -0.39 is 5.89 Å². The molecule has 1 aromatic carbocycles. The Labute approximate surface area is 151 Å². The maximum absolute atomic E-state index is 8.37. The van der Waals surface area contributed by atoms with Crippen LogP contribution in [0.2, 0.25) is 0 Å². The van der Waals surface area contributed by atoms with Gasteiger partial charge >= 0.3 is 0 Å². The molecule has 1 aliphatic carbocycles. The van der Waals surface area contributed by atoms with Crippen molar-refractivity contribution in [3.05, 3.63) is 70.7 Å². The van der Waals surface area contributed by atoms with Crippen molar-refractivity contribution in [2.45, 2.75) is 40.0 Å². The first-order valence-electron chi connectivity index (χ1n) is 9.35. The molecule has 0 amide bonds. The summed E-state index contributed by atoms with van der Waals surface area (Å²) in [5, 5.41) is 0. The molecule has 3 aromatic rings. The molecule has 0 saturated carbocycles. The molecule has 2 heteroatoms. The van der Waals surface area contributed by atoms with Gasteiger partial charge in [-0.15, -0.1) is 0 Å². The monoisotopic (exact) mass is 330 g/mol. The Kier molecular flexibility index (Phi) is 3.44. The van der Waals surface area contributed by atoms with Gasteiger partial charge in [0.15, 0.2) is 6.20 Å². The lowest BCUT2D eigenvalue weighted by atomic mass is 9.93. The average Bonchev–Trinajstić information content (AvgIpc) is 2.93. The smallest absolute Gasteiger partial charge is 0.212 e. The molecule has 1 aliphatic rings. The summed E-state index contributed by atoms with van der Waals surface area (Å²) >= 11 is 0. The normalized spacial score (nSPS) is 13.4. The Morgan fingerprint density at radius 2 is 1.76 bits per heavy atom. The highest BCUT2D eigenvalue weighted by atomic mass is 14.9. The van der Waals surface area contributed by atoms with Crippen LogP contribution in [0.1, 0.15) is 49.2 Å². The zero-order valence-corrected chi connectivity index (χ0v) is 15.6. The average molecular weight is 330 g/mol. The molecule has 126 valence electrons. The summed E-state index contributed by atoms with van der Waals surface area (Å²) in [5.74, 6) is -0.606. The number of hydrogen-bond donors (Lipinski definition) is 0. The first-order chi connectivity index (χ1) is 12.3. The molecule has 2 aromatic heterocycles. The van der Waals surface area contributed by atoms with Crippen molar-refractivity contribution in [2.75, 3.05) is 0 Å². The lowest BCUT2D eigenvalue weighted by Gasteiger charge is -2.12. The van der Waals surface area contributed by atoms with Crippen molar-refractivity contribution in [1.29, 1.82) is 0 Å². The molecule has 0 aliphatic heterocycles. The summed E-state index contributed by atoms with van der Waals surface area (Å²) in [6.45, 7) is 8.14. The number of aromatic nitrogens is 2. The second-order valence-corrected chi connectivity index (χ2v) is 7.30. The van der Waals surface area contributed by atoms with E-state index in [9.17, 15) is 0 Å². The maximum atomic E-state index is 8.37. The minimum absolute atomic E-state index is 0.606. The summed E-state index contributed by atoms with van der Waals surface area (Å²) < 4.78 is 10.5. The van der Waals surface area contributed by atoms with Gasteiger partial charge in [0.25, 0.3) is 0 Å². The maximum Gasteiger partial charge on any atom is 0.212 e. The third-order valence-electron chi connectivity index (χ3n) is 5.35. The topological polar surface area (TPSA) is 16.8 Å². The van der Waals surface area contributed by atoms with Gasteiger partial charge < -0.3 is 0 Å². The second-order valence-electron chi connectivity index (χ2n) is 7.30. The number of nitrogens with zero attached hydrogens (tertiary/aromatic N) is 2. The number of pyridine rings is 2. The molecular weight excluding hydrogens is 304 g/mol. The highest BCUT2D eigenvalue weighted by Crippen LogP contribution is 2.40. The van der Waals surface area contributed by atoms with Crippen LogP contribution in [0.25, 0.3) is 22.4 Å². The van der Waals surface area contributed by atoms with Gasteiger partial charge in [0, 0.05) is 36.7 Å². The van der Waals surface area contributed by atoms with E-state index >= 15 is 0 Å². The van der Waals surface area contributed by atoms with Crippen LogP contribution in [-0.4, -0.2) is 4.98 Å². The zero-order chi connectivity index (χ0) is 18.6. The van der Waals surface area contributed by atoms with Crippen LogP contribution in [0.3, 0.4) is 0 Å². The van der Waals surface area contributed by atoms with Gasteiger partial charge in [-0.3, -0.25) is 4.98 Å². The third-order valence-corrected chi connectivity index (χ3v) is 5.35. The summed E-state index contributed by atoms with van der Waals surface area (Å²) in [4.78, 5) is 4.75. The van der Waals surface area contributed by atoms with Gasteiger partial charge in [-0.05, 0) is 54.1 Å². The molecule has 25 heavy (non-hydrogen) atoms. The fraction of sp³-hybridized carbons (Fsp3) is 0.304. The van der Waals surface area contributed by atoms with Gasteiger partial charge in [0.05, 0.1) is 5.69 Å². The molecule has 0 spiro atoms. The van der Waals surface area contributed by atoms with Crippen molar-refractivity contribution in [3.63, 3.8) is 0 Å². The van der Waals surface area contributed by atoms with Gasteiger partial charge in [0.1, 0.15) is 7.05 Å². The van der Waals surface area contributed by atoms with Crippen molar-refractivity contribution < 1.29 is 5.94 Å². The van der Waals surface area contributed by atoms with Crippen molar-refractivity contribution in [3.8, 4) is 22.4 Å². The zero-order valence-electron chi connectivity index (χ0n) is 16.6. The van der Waals surface area contributed by atoms with Crippen LogP contribution in [0.15, 0.2) is 42.6 Å². The van der Waals surface area contributed by atoms with Gasteiger partial charge in [-0.25, -0.2) is 4.57 Å². The van der Waals surface area contributed by atoms with Gasteiger partial charge in [0.2, 0.25) is 5.69 Å². The van der Waals surface area contributed by atoms with Crippen LogP contribution >= 0.6 is 0 Å². The van der Waals surface area contributed by atoms with Crippen molar-refractivity contribution in [1.82, 2.24) is 4.98 Å². The van der Waals surface area contributed by atoms with E-state index in [1.54, 1.807) is 0 Å². The first kappa shape index (κ1) is 14.8. The van der Waals surface area contributed by atoms with E-state index in [1.807, 2.05) is 19.9 Å². The lowest BCUT2D eigenvalue weighted by Crippen LogP contribution is -2.31. The Hall–Kier alpha value is -2.48. The van der Waals surface area contributed by atoms with Crippen molar-refractivity contribution >= 4 is 0 Å². The Bertz CT molecular complexity index is 1030. The third kappa shape index (κ3) is 2.57. The Morgan fingerprint density at radius 1 is 1.04 bits per heavy atom. The molecule has 0 N–H and O–H groups in total. The molecule has 0 atom stereocenters. The van der Waals surface area contributed by atoms with Crippen LogP contribution in [0, 0.1) is 13.8 Å². The fourth-order valence-electron chi connectivity index (χ4n) is 3.82. The number of aryl methyl sites for hydroxylation is 2. The lowest BCUT2D eigenvalue weighted by molar-refractivity contribution is -0.660. The van der Waals surface area contributed by atoms with E-state index in [0.717, 1.165) is 23.4 Å². The van der Waals surface area contributed by atoms with E-state index in [-0.39, 0.29) is 0 Å². The Morgan fingerprint density at radius 3 is 2.52 bits per heavy atom. The SMILES string of the molecule is [2H]C(C)(C)c1cc[n+](C)c(-c2ccc3c(c2C)Cc2nc(C)ccc2-3)c1. The van der Waals surface area contributed by atoms with E-state index in [1.165, 1.54) is 33.5 Å². The fourth-order valence-corrected chi connectivity index (χ4v) is 3.82. The highest BCUT2D eigenvalue weighted by Gasteiger charge is 2.25. The predicted octanol–water partition coefficient (Wildman–Crippen LogP) is 4.88. The molecule has 0 unspecified atom stereocenters. The summed E-state index contributed by atoms with van der Waals surface area (Å²) in [7, 11) is 2.07. The first-order valence-corrected chi connectivity index (χ1v) is 8.85. The molecule has 2 nitrogen and oxygen atoms in total. The molecule has 4 rings (SSSR count). The van der Waals surface area contributed by atoms with Crippen LogP contribution in [0.4, 0.5) is 0 Å². The molecular formula is C23H25N2+. The number of benzene rings is 1. The Balaban J connectivity index is 1.87. The molecule has 0 saturated heterocycles. The summed E-state index contributed by atoms with van der Waals surface area (Å²) in [6, 6.07) is 13.0. The van der Waals surface area contributed by atoms with Crippen molar-refractivity contribution in [2.24, 2.45) is 7.05 Å². The highest BCUT2D eigenvalue weighted by molar-refractivity contribution is 5.81. The van der Waals surface area contributed by atoms with Gasteiger partial charge in [-0.2, -0.15) is 0 Å². The summed E-state index contributed by atoms with van der Waals surface area (Å²) in [5.41, 5.74) is 11.0. The minimum atomic E-state index is -0.606. The molecule has 2 heterocycles. The van der Waals surface area contributed by atoms with E-state index in [2.05, 4.69) is 62.0 Å². The van der Waals surface area contributed by atoms with Gasteiger partial charge in [-0.1, -0.05) is 26.0 Å². The largest absolute Gasteiger partial charge is 0.257 e. The minimum Gasteiger partial charge on any atom is -0.257 e. The van der Waals surface area contributed by atoms with Crippen LogP contribution < -0.4 is 4.57 Å². The second kappa shape index (κ2) is 5.80. The quantitative estimate of drug-likeness (QED) is 0.478. The molecule has 0 radical (unpaired) electrons. The number of hydrogen-bond acceptors (Lipinski definition) is 1.